The van der Waals surface area contributed by atoms with Gasteiger partial charge in [-0.15, -0.1) is 0 Å². The SMILES string of the molecule is CC.CCC(C)N1CCC=C(c2ccccc2)CC1. The van der Waals surface area contributed by atoms with Gasteiger partial charge < -0.3 is 4.90 Å². The molecule has 1 aromatic carbocycles. The summed E-state index contributed by atoms with van der Waals surface area (Å²) in [5, 5.41) is 0. The molecule has 1 heteroatoms. The van der Waals surface area contributed by atoms with Gasteiger partial charge in [-0.1, -0.05) is 57.2 Å². The van der Waals surface area contributed by atoms with E-state index in [1.807, 2.05) is 13.8 Å². The number of hydrogen-bond acceptors (Lipinski definition) is 1. The Kier molecular flexibility index (Phi) is 7.50. The molecule has 19 heavy (non-hydrogen) atoms. The van der Waals surface area contributed by atoms with Gasteiger partial charge in [0.15, 0.2) is 0 Å². The molecule has 1 heterocycles. The lowest BCUT2D eigenvalue weighted by molar-refractivity contribution is 0.215. The summed E-state index contributed by atoms with van der Waals surface area (Å²) in [7, 11) is 0. The normalized spacial score (nSPS) is 17.8. The maximum absolute atomic E-state index is 2.62. The van der Waals surface area contributed by atoms with Crippen LogP contribution in [0.5, 0.6) is 0 Å². The first kappa shape index (κ1) is 16.0. The standard InChI is InChI=1S/C16H23N.C2H6/c1-3-14(2)17-12-7-10-16(11-13-17)15-8-5-4-6-9-15;1-2/h4-6,8-10,14H,3,7,11-13H2,1-2H3;1-2H3. The van der Waals surface area contributed by atoms with Crippen molar-refractivity contribution in [2.24, 2.45) is 0 Å². The fourth-order valence-electron chi connectivity index (χ4n) is 2.50. The van der Waals surface area contributed by atoms with Crippen LogP contribution in [0.3, 0.4) is 0 Å². The van der Waals surface area contributed by atoms with E-state index < -0.39 is 0 Å². The average Bonchev–Trinajstić information content (AvgIpc) is 2.75. The Morgan fingerprint density at radius 3 is 2.42 bits per heavy atom. The average molecular weight is 259 g/mol. The van der Waals surface area contributed by atoms with Gasteiger partial charge >= 0.3 is 0 Å². The van der Waals surface area contributed by atoms with Crippen molar-refractivity contribution in [3.63, 3.8) is 0 Å². The summed E-state index contributed by atoms with van der Waals surface area (Å²) in [6.45, 7) is 11.0. The van der Waals surface area contributed by atoms with E-state index >= 15 is 0 Å². The molecule has 0 radical (unpaired) electrons. The third kappa shape index (κ3) is 4.83. The molecule has 0 N–H and O–H groups in total. The minimum absolute atomic E-state index is 0.721. The lowest BCUT2D eigenvalue weighted by Gasteiger charge is -2.26. The largest absolute Gasteiger partial charge is 0.300 e. The van der Waals surface area contributed by atoms with Gasteiger partial charge in [0.05, 0.1) is 0 Å². The Labute approximate surface area is 119 Å². The van der Waals surface area contributed by atoms with E-state index in [4.69, 9.17) is 0 Å². The summed E-state index contributed by atoms with van der Waals surface area (Å²) in [6, 6.07) is 11.5. The van der Waals surface area contributed by atoms with Gasteiger partial charge in [0.2, 0.25) is 0 Å². The Morgan fingerprint density at radius 2 is 1.79 bits per heavy atom. The van der Waals surface area contributed by atoms with Gasteiger partial charge in [-0.05, 0) is 37.3 Å². The van der Waals surface area contributed by atoms with Crippen LogP contribution in [0.2, 0.25) is 0 Å². The molecule has 1 nitrogen and oxygen atoms in total. The van der Waals surface area contributed by atoms with Crippen molar-refractivity contribution < 1.29 is 0 Å². The van der Waals surface area contributed by atoms with Crippen LogP contribution in [0.15, 0.2) is 36.4 Å². The Hall–Kier alpha value is -1.08. The van der Waals surface area contributed by atoms with E-state index in [1.54, 1.807) is 0 Å². The molecule has 1 aliphatic heterocycles. The molecule has 0 fully saturated rings. The lowest BCUT2D eigenvalue weighted by atomic mass is 10.0. The summed E-state index contributed by atoms with van der Waals surface area (Å²) in [4.78, 5) is 2.62. The zero-order valence-corrected chi connectivity index (χ0v) is 13.0. The zero-order valence-electron chi connectivity index (χ0n) is 13.0. The van der Waals surface area contributed by atoms with E-state index in [1.165, 1.54) is 43.5 Å². The molecular formula is C18H29N. The number of benzene rings is 1. The molecule has 0 saturated heterocycles. The predicted octanol–water partition coefficient (Wildman–Crippen LogP) is 4.99. The Balaban J connectivity index is 0.000000861. The third-order valence-corrected chi connectivity index (χ3v) is 3.83. The summed E-state index contributed by atoms with van der Waals surface area (Å²) in [5.41, 5.74) is 2.93. The van der Waals surface area contributed by atoms with E-state index in [0.29, 0.717) is 0 Å². The van der Waals surface area contributed by atoms with Crippen molar-refractivity contribution in [3.8, 4) is 0 Å². The molecule has 1 atom stereocenters. The molecule has 0 saturated carbocycles. The summed E-state index contributed by atoms with van der Waals surface area (Å²) >= 11 is 0. The highest BCUT2D eigenvalue weighted by atomic mass is 15.1. The first-order valence-electron chi connectivity index (χ1n) is 7.79. The van der Waals surface area contributed by atoms with Gasteiger partial charge in [-0.3, -0.25) is 0 Å². The first-order valence-corrected chi connectivity index (χ1v) is 7.79. The van der Waals surface area contributed by atoms with Gasteiger partial charge in [0, 0.05) is 19.1 Å². The highest BCUT2D eigenvalue weighted by Gasteiger charge is 2.15. The van der Waals surface area contributed by atoms with E-state index in [-0.39, 0.29) is 0 Å². The summed E-state index contributed by atoms with van der Waals surface area (Å²) < 4.78 is 0. The lowest BCUT2D eigenvalue weighted by Crippen LogP contribution is -2.33. The minimum atomic E-state index is 0.721. The molecule has 0 bridgehead atoms. The Bertz CT molecular complexity index is 367. The van der Waals surface area contributed by atoms with Crippen LogP contribution in [0.1, 0.15) is 52.5 Å². The molecule has 106 valence electrons. The Morgan fingerprint density at radius 1 is 1.11 bits per heavy atom. The van der Waals surface area contributed by atoms with E-state index in [2.05, 4.69) is 55.2 Å². The van der Waals surface area contributed by atoms with E-state index in [0.717, 1.165) is 6.04 Å². The van der Waals surface area contributed by atoms with Crippen LogP contribution in [0.25, 0.3) is 5.57 Å². The highest BCUT2D eigenvalue weighted by Crippen LogP contribution is 2.23. The molecule has 0 amide bonds. The van der Waals surface area contributed by atoms with E-state index in [9.17, 15) is 0 Å². The summed E-state index contributed by atoms with van der Waals surface area (Å²) in [6.07, 6.45) is 6.06. The fraction of sp³-hybridized carbons (Fsp3) is 0.556. The van der Waals surface area contributed by atoms with Crippen molar-refractivity contribution in [1.82, 2.24) is 4.90 Å². The molecular weight excluding hydrogens is 230 g/mol. The number of nitrogens with zero attached hydrogens (tertiary/aromatic N) is 1. The molecule has 0 aliphatic carbocycles. The second-order valence-corrected chi connectivity index (χ2v) is 4.93. The molecule has 1 aliphatic rings. The highest BCUT2D eigenvalue weighted by molar-refractivity contribution is 5.65. The molecule has 2 rings (SSSR count). The van der Waals surface area contributed by atoms with Crippen molar-refractivity contribution >= 4 is 5.57 Å². The molecule has 1 unspecified atom stereocenters. The van der Waals surface area contributed by atoms with Crippen LogP contribution in [0, 0.1) is 0 Å². The fourth-order valence-corrected chi connectivity index (χ4v) is 2.50. The van der Waals surface area contributed by atoms with Crippen molar-refractivity contribution in [2.75, 3.05) is 13.1 Å². The van der Waals surface area contributed by atoms with Crippen LogP contribution < -0.4 is 0 Å². The second-order valence-electron chi connectivity index (χ2n) is 4.93. The van der Waals surface area contributed by atoms with Crippen molar-refractivity contribution in [2.45, 2.75) is 53.0 Å². The van der Waals surface area contributed by atoms with Gasteiger partial charge in [0.25, 0.3) is 0 Å². The van der Waals surface area contributed by atoms with Crippen LogP contribution in [0.4, 0.5) is 0 Å². The van der Waals surface area contributed by atoms with Crippen molar-refractivity contribution in [1.29, 1.82) is 0 Å². The van der Waals surface area contributed by atoms with Crippen LogP contribution >= 0.6 is 0 Å². The smallest absolute Gasteiger partial charge is 0.00645 e. The monoisotopic (exact) mass is 259 g/mol. The maximum Gasteiger partial charge on any atom is 0.00645 e. The molecule has 0 aromatic heterocycles. The predicted molar refractivity (Wildman–Crippen MR) is 86.3 cm³/mol. The topological polar surface area (TPSA) is 3.24 Å². The second kappa shape index (κ2) is 8.92. The van der Waals surface area contributed by atoms with Gasteiger partial charge in [0.1, 0.15) is 0 Å². The van der Waals surface area contributed by atoms with Gasteiger partial charge in [-0.25, -0.2) is 0 Å². The molecule has 1 aromatic rings. The zero-order chi connectivity index (χ0) is 14.1. The van der Waals surface area contributed by atoms with Crippen molar-refractivity contribution in [3.05, 3.63) is 42.0 Å². The summed E-state index contributed by atoms with van der Waals surface area (Å²) in [5.74, 6) is 0. The maximum atomic E-state index is 2.62. The first-order chi connectivity index (χ1) is 9.31. The van der Waals surface area contributed by atoms with Crippen LogP contribution in [-0.4, -0.2) is 24.0 Å². The number of hydrogen-bond donors (Lipinski definition) is 0. The molecule has 0 spiro atoms. The minimum Gasteiger partial charge on any atom is -0.300 e. The van der Waals surface area contributed by atoms with Gasteiger partial charge in [-0.2, -0.15) is 0 Å². The van der Waals surface area contributed by atoms with Crippen LogP contribution in [-0.2, 0) is 0 Å². The number of rotatable bonds is 3. The quantitative estimate of drug-likeness (QED) is 0.739. The third-order valence-electron chi connectivity index (χ3n) is 3.83.